The van der Waals surface area contributed by atoms with Crippen LogP contribution in [0.4, 0.5) is 10.5 Å². The number of carbonyl (C=O) groups excluding carboxylic acids is 2. The average molecular weight is 460 g/mol. The first-order valence-electron chi connectivity index (χ1n) is 10.7. The van der Waals surface area contributed by atoms with Crippen molar-refractivity contribution in [3.05, 3.63) is 83.4 Å². The Morgan fingerprint density at radius 3 is 2.12 bits per heavy atom. The van der Waals surface area contributed by atoms with E-state index in [0.29, 0.717) is 0 Å². The van der Waals surface area contributed by atoms with E-state index in [1.807, 2.05) is 48.5 Å². The van der Waals surface area contributed by atoms with Gasteiger partial charge in [-0.15, -0.1) is 0 Å². The summed E-state index contributed by atoms with van der Waals surface area (Å²) in [6.45, 7) is 3.11. The second-order valence-corrected chi connectivity index (χ2v) is 8.57. The van der Waals surface area contributed by atoms with Gasteiger partial charge in [-0.05, 0) is 54.3 Å². The first kappa shape index (κ1) is 22.8. The largest absolute Gasteiger partial charge is 0.507 e. The van der Waals surface area contributed by atoms with Crippen molar-refractivity contribution < 1.29 is 29.3 Å². The summed E-state index contributed by atoms with van der Waals surface area (Å²) in [7, 11) is 0. The van der Waals surface area contributed by atoms with Crippen LogP contribution in [-0.2, 0) is 9.53 Å². The molecule has 8 nitrogen and oxygen atoms in total. The average Bonchev–Trinajstić information content (AvgIpc) is 3.12. The molecule has 0 unspecified atom stereocenters. The number of phenols is 1. The van der Waals surface area contributed by atoms with Gasteiger partial charge in [0, 0.05) is 11.6 Å². The number of hydrogen-bond acceptors (Lipinski definition) is 5. The molecule has 1 aliphatic rings. The van der Waals surface area contributed by atoms with Crippen LogP contribution in [0.25, 0.3) is 11.1 Å². The van der Waals surface area contributed by atoms with Gasteiger partial charge in [-0.25, -0.2) is 9.59 Å². The lowest BCUT2D eigenvalue weighted by Gasteiger charge is -2.25. The summed E-state index contributed by atoms with van der Waals surface area (Å²) in [6, 6.07) is 19.6. The van der Waals surface area contributed by atoms with Crippen molar-refractivity contribution in [1.29, 1.82) is 0 Å². The third-order valence-electron chi connectivity index (χ3n) is 5.81. The van der Waals surface area contributed by atoms with Gasteiger partial charge >= 0.3 is 12.1 Å². The van der Waals surface area contributed by atoms with Crippen molar-refractivity contribution in [1.82, 2.24) is 5.32 Å². The molecule has 2 amide bonds. The second kappa shape index (κ2) is 8.90. The van der Waals surface area contributed by atoms with Crippen molar-refractivity contribution in [2.75, 3.05) is 11.9 Å². The van der Waals surface area contributed by atoms with Crippen LogP contribution in [0.2, 0.25) is 0 Å². The molecule has 0 atom stereocenters. The molecular formula is C26H24N2O6. The molecule has 0 aliphatic heterocycles. The van der Waals surface area contributed by atoms with Crippen molar-refractivity contribution in [2.24, 2.45) is 0 Å². The highest BCUT2D eigenvalue weighted by molar-refractivity contribution is 6.00. The van der Waals surface area contributed by atoms with Crippen LogP contribution in [0.1, 0.15) is 41.3 Å². The standard InChI is InChI=1S/C26H24N2O6/c1-26(2,24(32)27-15-11-12-22(29)20(13-15)23(30)31)28-25(33)34-14-21-18-9-5-3-7-16(18)17-8-4-6-10-19(17)21/h3-13,21,29H,14H2,1-2H3,(H,27,32)(H,28,33)(H,30,31). The Hall–Kier alpha value is -4.33. The summed E-state index contributed by atoms with van der Waals surface area (Å²) >= 11 is 0. The zero-order valence-corrected chi connectivity index (χ0v) is 18.7. The van der Waals surface area contributed by atoms with Crippen LogP contribution in [0.5, 0.6) is 5.75 Å². The molecule has 0 saturated carbocycles. The van der Waals surface area contributed by atoms with E-state index >= 15 is 0 Å². The first-order valence-corrected chi connectivity index (χ1v) is 10.7. The molecular weight excluding hydrogens is 436 g/mol. The Morgan fingerprint density at radius 1 is 0.941 bits per heavy atom. The number of alkyl carbamates (subject to hydrolysis) is 1. The number of nitrogens with one attached hydrogen (secondary N) is 2. The van der Waals surface area contributed by atoms with E-state index in [-0.39, 0.29) is 23.8 Å². The van der Waals surface area contributed by atoms with Gasteiger partial charge < -0.3 is 25.6 Å². The van der Waals surface area contributed by atoms with Crippen LogP contribution < -0.4 is 10.6 Å². The van der Waals surface area contributed by atoms with Gasteiger partial charge in [-0.3, -0.25) is 4.79 Å². The zero-order chi connectivity index (χ0) is 24.5. The number of amides is 2. The highest BCUT2D eigenvalue weighted by Crippen LogP contribution is 2.44. The summed E-state index contributed by atoms with van der Waals surface area (Å²) in [4.78, 5) is 36.5. The molecule has 0 spiro atoms. The van der Waals surface area contributed by atoms with E-state index < -0.39 is 29.3 Å². The second-order valence-electron chi connectivity index (χ2n) is 8.57. The van der Waals surface area contributed by atoms with Crippen molar-refractivity contribution in [3.63, 3.8) is 0 Å². The maximum Gasteiger partial charge on any atom is 0.408 e. The lowest BCUT2D eigenvalue weighted by molar-refractivity contribution is -0.121. The topological polar surface area (TPSA) is 125 Å². The molecule has 0 fully saturated rings. The number of rotatable bonds is 6. The van der Waals surface area contributed by atoms with Crippen LogP contribution in [0.3, 0.4) is 0 Å². The first-order chi connectivity index (χ1) is 16.2. The number of hydrogen-bond donors (Lipinski definition) is 4. The monoisotopic (exact) mass is 460 g/mol. The molecule has 0 radical (unpaired) electrons. The van der Waals surface area contributed by atoms with Crippen molar-refractivity contribution >= 4 is 23.7 Å². The zero-order valence-electron chi connectivity index (χ0n) is 18.7. The molecule has 3 aromatic rings. The van der Waals surface area contributed by atoms with E-state index in [2.05, 4.69) is 10.6 Å². The normalized spacial score (nSPS) is 12.4. The van der Waals surface area contributed by atoms with Crippen molar-refractivity contribution in [3.8, 4) is 16.9 Å². The summed E-state index contributed by atoms with van der Waals surface area (Å²) in [5.74, 6) is -2.43. The summed E-state index contributed by atoms with van der Waals surface area (Å²) < 4.78 is 5.50. The van der Waals surface area contributed by atoms with E-state index in [0.717, 1.165) is 28.3 Å². The number of carboxylic acid groups (broad SMARTS) is 1. The molecule has 4 N–H and O–H groups in total. The number of carboxylic acids is 1. The Morgan fingerprint density at radius 2 is 1.53 bits per heavy atom. The van der Waals surface area contributed by atoms with E-state index in [4.69, 9.17) is 9.84 Å². The molecule has 0 aromatic heterocycles. The fourth-order valence-corrected chi connectivity index (χ4v) is 4.02. The maximum absolute atomic E-state index is 12.7. The summed E-state index contributed by atoms with van der Waals surface area (Å²) in [5, 5.41) is 23.9. The Bertz CT molecular complexity index is 1240. The predicted molar refractivity (Wildman–Crippen MR) is 126 cm³/mol. The number of fused-ring (bicyclic) bond motifs is 3. The maximum atomic E-state index is 12.7. The SMILES string of the molecule is CC(C)(NC(=O)OCC1c2ccccc2-c2ccccc21)C(=O)Nc1ccc(O)c(C(=O)O)c1. The molecule has 0 bridgehead atoms. The minimum atomic E-state index is -1.36. The molecule has 174 valence electrons. The minimum absolute atomic E-state index is 0.109. The molecule has 1 aliphatic carbocycles. The van der Waals surface area contributed by atoms with Crippen LogP contribution in [-0.4, -0.2) is 40.3 Å². The number of carbonyl (C=O) groups is 3. The van der Waals surface area contributed by atoms with Crippen LogP contribution in [0.15, 0.2) is 66.7 Å². The molecule has 0 saturated heterocycles. The third kappa shape index (κ3) is 4.43. The van der Waals surface area contributed by atoms with Gasteiger partial charge in [0.25, 0.3) is 0 Å². The minimum Gasteiger partial charge on any atom is -0.507 e. The number of aromatic carboxylic acids is 1. The van der Waals surface area contributed by atoms with Gasteiger partial charge in [0.1, 0.15) is 23.5 Å². The smallest absolute Gasteiger partial charge is 0.408 e. The van der Waals surface area contributed by atoms with Gasteiger partial charge in [-0.2, -0.15) is 0 Å². The third-order valence-corrected chi connectivity index (χ3v) is 5.81. The predicted octanol–water partition coefficient (Wildman–Crippen LogP) is 4.35. The molecule has 34 heavy (non-hydrogen) atoms. The van der Waals surface area contributed by atoms with Crippen LogP contribution in [0, 0.1) is 0 Å². The van der Waals surface area contributed by atoms with Crippen LogP contribution >= 0.6 is 0 Å². The van der Waals surface area contributed by atoms with Gasteiger partial charge in [0.05, 0.1) is 0 Å². The summed E-state index contributed by atoms with van der Waals surface area (Å²) in [6.07, 6.45) is -0.751. The summed E-state index contributed by atoms with van der Waals surface area (Å²) in [5.41, 5.74) is 2.85. The van der Waals surface area contributed by atoms with Crippen molar-refractivity contribution in [2.45, 2.75) is 25.3 Å². The number of aromatic hydroxyl groups is 1. The fraction of sp³-hybridized carbons (Fsp3) is 0.192. The van der Waals surface area contributed by atoms with Gasteiger partial charge in [0.2, 0.25) is 5.91 Å². The van der Waals surface area contributed by atoms with Gasteiger partial charge in [0.15, 0.2) is 0 Å². The molecule has 0 heterocycles. The van der Waals surface area contributed by atoms with E-state index in [1.165, 1.54) is 26.0 Å². The Balaban J connectivity index is 1.40. The van der Waals surface area contributed by atoms with Gasteiger partial charge in [-0.1, -0.05) is 48.5 Å². The Labute approximate surface area is 196 Å². The fourth-order valence-electron chi connectivity index (χ4n) is 4.02. The quantitative estimate of drug-likeness (QED) is 0.406. The highest BCUT2D eigenvalue weighted by atomic mass is 16.5. The lowest BCUT2D eigenvalue weighted by atomic mass is 9.98. The van der Waals surface area contributed by atoms with E-state index in [9.17, 15) is 19.5 Å². The Kier molecular flexibility index (Phi) is 5.98. The number of benzene rings is 3. The molecule has 4 rings (SSSR count). The molecule has 3 aromatic carbocycles. The van der Waals surface area contributed by atoms with E-state index in [1.54, 1.807) is 0 Å². The highest BCUT2D eigenvalue weighted by Gasteiger charge is 2.32. The number of anilines is 1. The molecule has 8 heteroatoms. The number of ether oxygens (including phenoxy) is 1. The lowest BCUT2D eigenvalue weighted by Crippen LogP contribution is -2.52.